The molecule has 0 unspecified atom stereocenters. The molecule has 0 N–H and O–H groups in total. The van der Waals surface area contributed by atoms with Crippen LogP contribution in [0.4, 0.5) is 0 Å². The summed E-state index contributed by atoms with van der Waals surface area (Å²) in [5.41, 5.74) is 2.47. The highest BCUT2D eigenvalue weighted by Gasteiger charge is 2.18. The first-order chi connectivity index (χ1) is 11.9. The van der Waals surface area contributed by atoms with E-state index < -0.39 is 0 Å². The number of hydrogen-bond acceptors (Lipinski definition) is 0. The zero-order chi connectivity index (χ0) is 15.9. The molecule has 4 aromatic carbocycles. The van der Waals surface area contributed by atoms with Gasteiger partial charge in [-0.05, 0) is 41.1 Å². The summed E-state index contributed by atoms with van der Waals surface area (Å²) in [6.07, 6.45) is 2.16. The van der Waals surface area contributed by atoms with Crippen molar-refractivity contribution in [3.8, 4) is 5.69 Å². The average Bonchev–Trinajstić information content (AvgIpc) is 2.66. The number of nitrogens with zero attached hydrogens (tertiary/aromatic N) is 1. The smallest absolute Gasteiger partial charge is 0.159 e. The van der Waals surface area contributed by atoms with Crippen LogP contribution in [0.3, 0.4) is 0 Å². The molecule has 0 saturated heterocycles. The molecule has 0 aliphatic rings. The highest BCUT2D eigenvalue weighted by atomic mass is 15.0. The predicted octanol–water partition coefficient (Wildman–Crippen LogP) is 5.42. The summed E-state index contributed by atoms with van der Waals surface area (Å²) in [4.78, 5) is 0. The molecule has 0 bridgehead atoms. The second-order valence-electron chi connectivity index (χ2n) is 6.10. The van der Waals surface area contributed by atoms with Crippen molar-refractivity contribution in [3.05, 3.63) is 97.2 Å². The first-order valence-corrected chi connectivity index (χ1v) is 8.22. The van der Waals surface area contributed by atoms with Gasteiger partial charge >= 0.3 is 0 Å². The first-order valence-electron chi connectivity index (χ1n) is 8.22. The molecule has 112 valence electrons. The van der Waals surface area contributed by atoms with Crippen LogP contribution in [0.1, 0.15) is 0 Å². The molecule has 1 heterocycles. The van der Waals surface area contributed by atoms with Crippen molar-refractivity contribution in [2.24, 2.45) is 0 Å². The lowest BCUT2D eigenvalue weighted by Crippen LogP contribution is -2.31. The lowest BCUT2D eigenvalue weighted by molar-refractivity contribution is -0.563. The van der Waals surface area contributed by atoms with E-state index >= 15 is 0 Å². The summed E-state index contributed by atoms with van der Waals surface area (Å²) in [7, 11) is 0. The van der Waals surface area contributed by atoms with Gasteiger partial charge in [0.1, 0.15) is 0 Å². The SMILES string of the molecule is c1ccc2c(-[n+]3cccc4ccccc43)c3ccccc3cc2c1. The summed E-state index contributed by atoms with van der Waals surface area (Å²) in [6.45, 7) is 0. The minimum Gasteiger partial charge on any atom is -0.159 e. The fourth-order valence-electron chi connectivity index (χ4n) is 3.61. The molecule has 0 amide bonds. The molecular formula is C23H16N+. The van der Waals surface area contributed by atoms with Crippen molar-refractivity contribution in [3.63, 3.8) is 0 Å². The number of hydrogen-bond donors (Lipinski definition) is 0. The number of benzene rings is 4. The predicted molar refractivity (Wildman–Crippen MR) is 100 cm³/mol. The quantitative estimate of drug-likeness (QED) is 0.287. The molecule has 1 nitrogen and oxygen atoms in total. The maximum atomic E-state index is 2.32. The van der Waals surface area contributed by atoms with Gasteiger partial charge in [-0.3, -0.25) is 0 Å². The van der Waals surface area contributed by atoms with Crippen LogP contribution in [0, 0.1) is 0 Å². The molecule has 0 aliphatic heterocycles. The Bertz CT molecular complexity index is 1150. The maximum Gasteiger partial charge on any atom is 0.226 e. The third kappa shape index (κ3) is 1.92. The van der Waals surface area contributed by atoms with Crippen LogP contribution < -0.4 is 4.57 Å². The van der Waals surface area contributed by atoms with Gasteiger partial charge in [0.25, 0.3) is 0 Å². The highest BCUT2D eigenvalue weighted by Crippen LogP contribution is 2.29. The van der Waals surface area contributed by atoms with Gasteiger partial charge in [0.05, 0.1) is 10.8 Å². The minimum absolute atomic E-state index is 1.22. The van der Waals surface area contributed by atoms with E-state index in [2.05, 4.69) is 102 Å². The Morgan fingerprint density at radius 2 is 1.04 bits per heavy atom. The van der Waals surface area contributed by atoms with Gasteiger partial charge in [0.15, 0.2) is 6.20 Å². The number of aromatic nitrogens is 1. The van der Waals surface area contributed by atoms with E-state index in [1.807, 2.05) is 0 Å². The van der Waals surface area contributed by atoms with Gasteiger partial charge in [0.2, 0.25) is 11.2 Å². The molecular weight excluding hydrogens is 290 g/mol. The Labute approximate surface area is 140 Å². The average molecular weight is 306 g/mol. The number of pyridine rings is 1. The molecule has 0 saturated carbocycles. The summed E-state index contributed by atoms with van der Waals surface area (Å²) < 4.78 is 2.32. The lowest BCUT2D eigenvalue weighted by atomic mass is 10.0. The van der Waals surface area contributed by atoms with E-state index in [9.17, 15) is 0 Å². The summed E-state index contributed by atoms with van der Waals surface area (Å²) in [6, 6.07) is 32.4. The Hall–Kier alpha value is -3.19. The van der Waals surface area contributed by atoms with Crippen LogP contribution in [0.5, 0.6) is 0 Å². The van der Waals surface area contributed by atoms with E-state index in [0.717, 1.165) is 0 Å². The Morgan fingerprint density at radius 1 is 0.500 bits per heavy atom. The Balaban J connectivity index is 2.04. The first kappa shape index (κ1) is 13.3. The van der Waals surface area contributed by atoms with Crippen LogP contribution in [-0.4, -0.2) is 0 Å². The monoisotopic (exact) mass is 306 g/mol. The van der Waals surface area contributed by atoms with E-state index in [1.54, 1.807) is 0 Å². The standard InChI is InChI=1S/C23H16N/c1-4-12-20-18(9-1)16-19-10-2-5-13-21(19)23(20)24-15-7-11-17-8-3-6-14-22(17)24/h1-16H/q+1. The van der Waals surface area contributed by atoms with Gasteiger partial charge in [-0.2, -0.15) is 4.57 Å². The van der Waals surface area contributed by atoms with Crippen LogP contribution in [-0.2, 0) is 0 Å². The van der Waals surface area contributed by atoms with Crippen molar-refractivity contribution in [1.82, 2.24) is 0 Å². The number of fused-ring (bicyclic) bond motifs is 3. The molecule has 1 heteroatoms. The van der Waals surface area contributed by atoms with Crippen molar-refractivity contribution in [1.29, 1.82) is 0 Å². The molecule has 0 fully saturated rings. The van der Waals surface area contributed by atoms with Crippen molar-refractivity contribution < 1.29 is 4.57 Å². The van der Waals surface area contributed by atoms with Gasteiger partial charge in [-0.25, -0.2) is 0 Å². The van der Waals surface area contributed by atoms with Gasteiger partial charge in [0, 0.05) is 17.5 Å². The second kappa shape index (κ2) is 5.17. The van der Waals surface area contributed by atoms with Gasteiger partial charge < -0.3 is 0 Å². The largest absolute Gasteiger partial charge is 0.226 e. The summed E-state index contributed by atoms with van der Waals surface area (Å²) >= 11 is 0. The zero-order valence-corrected chi connectivity index (χ0v) is 13.2. The van der Waals surface area contributed by atoms with Crippen LogP contribution >= 0.6 is 0 Å². The van der Waals surface area contributed by atoms with E-state index in [4.69, 9.17) is 0 Å². The van der Waals surface area contributed by atoms with Crippen molar-refractivity contribution in [2.45, 2.75) is 0 Å². The van der Waals surface area contributed by atoms with E-state index in [1.165, 1.54) is 38.1 Å². The zero-order valence-electron chi connectivity index (χ0n) is 13.2. The molecule has 24 heavy (non-hydrogen) atoms. The van der Waals surface area contributed by atoms with Crippen molar-refractivity contribution in [2.75, 3.05) is 0 Å². The molecule has 0 spiro atoms. The normalized spacial score (nSPS) is 11.3. The number of rotatable bonds is 1. The molecule has 0 radical (unpaired) electrons. The number of para-hydroxylation sites is 1. The van der Waals surface area contributed by atoms with Gasteiger partial charge in [-0.15, -0.1) is 0 Å². The fraction of sp³-hybridized carbons (Fsp3) is 0. The summed E-state index contributed by atoms with van der Waals surface area (Å²) in [5, 5.41) is 6.34. The van der Waals surface area contributed by atoms with Crippen LogP contribution in [0.25, 0.3) is 38.1 Å². The molecule has 1 aromatic heterocycles. The maximum absolute atomic E-state index is 2.32. The van der Waals surface area contributed by atoms with Crippen molar-refractivity contribution >= 4 is 32.4 Å². The third-order valence-electron chi connectivity index (χ3n) is 4.69. The highest BCUT2D eigenvalue weighted by molar-refractivity contribution is 6.05. The van der Waals surface area contributed by atoms with Gasteiger partial charge in [-0.1, -0.05) is 48.5 Å². The Morgan fingerprint density at radius 3 is 1.75 bits per heavy atom. The van der Waals surface area contributed by atoms with Crippen LogP contribution in [0.2, 0.25) is 0 Å². The molecule has 0 atom stereocenters. The van der Waals surface area contributed by atoms with E-state index in [0.29, 0.717) is 0 Å². The lowest BCUT2D eigenvalue weighted by Gasteiger charge is -2.08. The Kier molecular flexibility index (Phi) is 2.86. The minimum atomic E-state index is 1.22. The molecule has 5 aromatic rings. The van der Waals surface area contributed by atoms with Crippen LogP contribution in [0.15, 0.2) is 97.2 Å². The van der Waals surface area contributed by atoms with E-state index in [-0.39, 0.29) is 0 Å². The second-order valence-corrected chi connectivity index (χ2v) is 6.10. The topological polar surface area (TPSA) is 3.88 Å². The molecule has 0 aliphatic carbocycles. The summed E-state index contributed by atoms with van der Waals surface area (Å²) in [5.74, 6) is 0. The third-order valence-corrected chi connectivity index (χ3v) is 4.69. The molecule has 5 rings (SSSR count). The fourth-order valence-corrected chi connectivity index (χ4v) is 3.61.